The summed E-state index contributed by atoms with van der Waals surface area (Å²) in [7, 11) is 3.28. The molecule has 0 aliphatic carbocycles. The largest absolute Gasteiger partial charge is 0.497 e. The Balaban J connectivity index is 1.97. The molecular weight excluding hydrogens is 367 g/mol. The first-order valence-corrected chi connectivity index (χ1v) is 10.8. The first-order valence-electron chi connectivity index (χ1n) is 8.04. The molecule has 0 radical (unpaired) electrons. The molecule has 0 atom stereocenters. The van der Waals surface area contributed by atoms with Crippen LogP contribution in [0.25, 0.3) is 0 Å². The maximum atomic E-state index is 6.02. The van der Waals surface area contributed by atoms with E-state index >= 15 is 0 Å². The van der Waals surface area contributed by atoms with E-state index in [-0.39, 0.29) is 0 Å². The molecule has 0 saturated carbocycles. The van der Waals surface area contributed by atoms with Crippen molar-refractivity contribution in [2.75, 3.05) is 24.4 Å². The minimum atomic E-state index is -2.50. The predicted molar refractivity (Wildman–Crippen MR) is 111 cm³/mol. The van der Waals surface area contributed by atoms with E-state index in [2.05, 4.69) is 10.2 Å². The van der Waals surface area contributed by atoms with Crippen molar-refractivity contribution < 1.29 is 13.9 Å². The van der Waals surface area contributed by atoms with Crippen LogP contribution in [0, 0.1) is 6.92 Å². The summed E-state index contributed by atoms with van der Waals surface area (Å²) in [4.78, 5) is 0. The van der Waals surface area contributed by atoms with E-state index in [0.717, 1.165) is 28.6 Å². The lowest BCUT2D eigenvalue weighted by molar-refractivity contribution is 0.415. The monoisotopic (exact) mass is 388 g/mol. The average molecular weight is 388 g/mol. The number of hydrogen-bond acceptors (Lipinski definition) is 4. The van der Waals surface area contributed by atoms with Crippen LogP contribution in [0.4, 0.5) is 11.4 Å². The van der Waals surface area contributed by atoms with Gasteiger partial charge in [-0.2, -0.15) is 0 Å². The molecule has 0 saturated heterocycles. The summed E-state index contributed by atoms with van der Waals surface area (Å²) in [6.45, 7) is 1.90. The van der Waals surface area contributed by atoms with E-state index in [1.807, 2.05) is 67.6 Å². The fourth-order valence-corrected chi connectivity index (χ4v) is 5.24. The smallest absolute Gasteiger partial charge is 0.183 e. The van der Waals surface area contributed by atoms with Gasteiger partial charge in [0.25, 0.3) is 0 Å². The second-order valence-corrected chi connectivity index (χ2v) is 9.43. The van der Waals surface area contributed by atoms with E-state index in [1.165, 1.54) is 0 Å². The van der Waals surface area contributed by atoms with Gasteiger partial charge in [-0.25, -0.2) is 0 Å². The number of benzene rings is 2. The number of methoxy groups -OCH3 is 2. The van der Waals surface area contributed by atoms with Gasteiger partial charge in [0.15, 0.2) is 11.8 Å². The Hall–Kier alpha value is -2.43. The number of aryl methyl sites for hydroxylation is 1. The fourth-order valence-electron chi connectivity index (χ4n) is 2.48. The highest BCUT2D eigenvalue weighted by molar-refractivity contribution is 8.19. The molecule has 1 aromatic heterocycles. The summed E-state index contributed by atoms with van der Waals surface area (Å²) >= 11 is 6.02. The quantitative estimate of drug-likeness (QED) is 0.569. The van der Waals surface area contributed by atoms with Crippen molar-refractivity contribution in [1.82, 2.24) is 0 Å². The molecule has 0 spiro atoms. The molecule has 136 valence electrons. The topological polar surface area (TPSA) is 55.7 Å². The Bertz CT molecular complexity index is 888. The predicted octanol–water partition coefficient (Wildman–Crippen LogP) is 4.76. The summed E-state index contributed by atoms with van der Waals surface area (Å²) in [5.41, 5.74) is 2.42. The molecule has 2 N–H and O–H groups in total. The normalized spacial score (nSPS) is 11.0. The Morgan fingerprint density at radius 2 is 1.38 bits per heavy atom. The van der Waals surface area contributed by atoms with Gasteiger partial charge in [0.1, 0.15) is 17.3 Å². The maximum absolute atomic E-state index is 6.02. The standard InChI is InChI=1S/C19H21N2O3PS/c1-14-10-11-19(24-14)25(26,20-15-6-4-8-17(12-15)22-2)21-16-7-5-9-18(13-16)23-3/h4-13H,1-3H3,(H2,20,21,26). The summed E-state index contributed by atoms with van der Waals surface area (Å²) in [6.07, 6.45) is -2.50. The van der Waals surface area contributed by atoms with Gasteiger partial charge in [0.05, 0.1) is 14.2 Å². The van der Waals surface area contributed by atoms with Gasteiger partial charge < -0.3 is 24.1 Å². The van der Waals surface area contributed by atoms with Gasteiger partial charge in [-0.15, -0.1) is 0 Å². The minimum absolute atomic E-state index is 0.704. The highest BCUT2D eigenvalue weighted by atomic mass is 32.4. The van der Waals surface area contributed by atoms with Crippen LogP contribution in [-0.4, -0.2) is 14.2 Å². The van der Waals surface area contributed by atoms with Crippen LogP contribution in [0.1, 0.15) is 5.76 Å². The zero-order chi connectivity index (χ0) is 18.6. The molecule has 0 aliphatic heterocycles. The molecule has 0 bridgehead atoms. The number of anilines is 2. The molecule has 0 unspecified atom stereocenters. The summed E-state index contributed by atoms with van der Waals surface area (Å²) in [6, 6.07) is 19.2. The van der Waals surface area contributed by atoms with Crippen LogP contribution in [-0.2, 0) is 11.8 Å². The first kappa shape index (κ1) is 18.4. The lowest BCUT2D eigenvalue weighted by atomic mass is 10.3. The Morgan fingerprint density at radius 1 is 0.846 bits per heavy atom. The third kappa shape index (κ3) is 4.21. The SMILES string of the molecule is COc1cccc(NP(=S)(Nc2cccc(OC)c2)c2ccc(C)o2)c1. The second-order valence-electron chi connectivity index (χ2n) is 5.68. The van der Waals surface area contributed by atoms with Gasteiger partial charge in [-0.1, -0.05) is 12.1 Å². The molecule has 3 rings (SSSR count). The lowest BCUT2D eigenvalue weighted by Crippen LogP contribution is -2.16. The zero-order valence-corrected chi connectivity index (χ0v) is 16.6. The van der Waals surface area contributed by atoms with E-state index < -0.39 is 6.34 Å². The highest BCUT2D eigenvalue weighted by Gasteiger charge is 2.24. The Labute approximate surface area is 158 Å². The maximum Gasteiger partial charge on any atom is 0.183 e. The van der Waals surface area contributed by atoms with Crippen molar-refractivity contribution in [3.05, 3.63) is 66.4 Å². The van der Waals surface area contributed by atoms with E-state index in [1.54, 1.807) is 14.2 Å². The molecule has 2 aromatic carbocycles. The molecule has 0 aliphatic rings. The first-order chi connectivity index (χ1) is 12.5. The Kier molecular flexibility index (Phi) is 5.55. The molecule has 0 amide bonds. The summed E-state index contributed by atoms with van der Waals surface area (Å²) in [5, 5.41) is 6.89. The molecule has 5 nitrogen and oxygen atoms in total. The van der Waals surface area contributed by atoms with Crippen molar-refractivity contribution >= 4 is 35.0 Å². The van der Waals surface area contributed by atoms with Crippen molar-refractivity contribution in [3.8, 4) is 11.5 Å². The number of hydrogen-bond donors (Lipinski definition) is 2. The van der Waals surface area contributed by atoms with Crippen molar-refractivity contribution in [3.63, 3.8) is 0 Å². The molecular formula is C19H21N2O3PS. The van der Waals surface area contributed by atoms with Crippen LogP contribution < -0.4 is 25.1 Å². The third-order valence-corrected chi connectivity index (χ3v) is 6.84. The van der Waals surface area contributed by atoms with Gasteiger partial charge >= 0.3 is 0 Å². The average Bonchev–Trinajstić information content (AvgIpc) is 3.09. The molecule has 1 heterocycles. The third-order valence-electron chi connectivity index (χ3n) is 3.75. The zero-order valence-electron chi connectivity index (χ0n) is 14.9. The summed E-state index contributed by atoms with van der Waals surface area (Å²) < 4.78 is 16.5. The van der Waals surface area contributed by atoms with Gasteiger partial charge in [-0.05, 0) is 55.1 Å². The number of ether oxygens (including phenoxy) is 2. The number of nitrogens with one attached hydrogen (secondary N) is 2. The second kappa shape index (κ2) is 7.85. The van der Waals surface area contributed by atoms with Crippen LogP contribution in [0.2, 0.25) is 0 Å². The van der Waals surface area contributed by atoms with Crippen molar-refractivity contribution in [2.24, 2.45) is 0 Å². The van der Waals surface area contributed by atoms with E-state index in [9.17, 15) is 0 Å². The van der Waals surface area contributed by atoms with Crippen molar-refractivity contribution in [2.45, 2.75) is 6.92 Å². The van der Waals surface area contributed by atoms with Gasteiger partial charge in [0, 0.05) is 23.5 Å². The van der Waals surface area contributed by atoms with Crippen LogP contribution in [0.3, 0.4) is 0 Å². The van der Waals surface area contributed by atoms with E-state index in [0.29, 0.717) is 5.50 Å². The lowest BCUT2D eigenvalue weighted by Gasteiger charge is -2.25. The van der Waals surface area contributed by atoms with E-state index in [4.69, 9.17) is 25.7 Å². The molecule has 0 fully saturated rings. The van der Waals surface area contributed by atoms with Gasteiger partial charge in [0.2, 0.25) is 0 Å². The van der Waals surface area contributed by atoms with Crippen molar-refractivity contribution in [1.29, 1.82) is 0 Å². The molecule has 7 heteroatoms. The minimum Gasteiger partial charge on any atom is -0.497 e. The number of furan rings is 1. The highest BCUT2D eigenvalue weighted by Crippen LogP contribution is 2.46. The van der Waals surface area contributed by atoms with Crippen LogP contribution in [0.5, 0.6) is 11.5 Å². The fraction of sp³-hybridized carbons (Fsp3) is 0.158. The van der Waals surface area contributed by atoms with Crippen LogP contribution in [0.15, 0.2) is 65.1 Å². The Morgan fingerprint density at radius 3 is 1.81 bits per heavy atom. The summed E-state index contributed by atoms with van der Waals surface area (Å²) in [5.74, 6) is 2.33. The molecule has 26 heavy (non-hydrogen) atoms. The van der Waals surface area contributed by atoms with Gasteiger partial charge in [-0.3, -0.25) is 0 Å². The number of rotatable bonds is 7. The molecule has 3 aromatic rings. The van der Waals surface area contributed by atoms with Crippen LogP contribution >= 0.6 is 6.34 Å².